The van der Waals surface area contributed by atoms with Crippen molar-refractivity contribution in [1.29, 1.82) is 0 Å². The Morgan fingerprint density at radius 3 is 2.54 bits per heavy atom. The van der Waals surface area contributed by atoms with E-state index in [0.717, 1.165) is 0 Å². The van der Waals surface area contributed by atoms with E-state index in [1.807, 2.05) is 0 Å². The summed E-state index contributed by atoms with van der Waals surface area (Å²) >= 11 is 5.42. The summed E-state index contributed by atoms with van der Waals surface area (Å²) in [6.45, 7) is 0. The highest BCUT2D eigenvalue weighted by Crippen LogP contribution is 2.28. The Morgan fingerprint density at radius 2 is 2.08 bits per heavy atom. The number of pyridine rings is 1. The molecule has 0 saturated carbocycles. The first-order valence-corrected chi connectivity index (χ1v) is 3.98. The molecular weight excluding hydrogens is 200 g/mol. The van der Waals surface area contributed by atoms with Gasteiger partial charge in [-0.15, -0.1) is 11.6 Å². The van der Waals surface area contributed by atoms with Crippen LogP contribution in [0.2, 0.25) is 0 Å². The molecule has 0 amide bonds. The molecule has 0 bridgehead atoms. The summed E-state index contributed by atoms with van der Waals surface area (Å²) in [7, 11) is 0. The molecule has 0 aliphatic rings. The minimum atomic E-state index is -2.73. The second-order valence-corrected chi connectivity index (χ2v) is 2.70. The van der Waals surface area contributed by atoms with Gasteiger partial charge in [-0.2, -0.15) is 0 Å². The summed E-state index contributed by atoms with van der Waals surface area (Å²) in [5.41, 5.74) is 10.4. The van der Waals surface area contributed by atoms with Gasteiger partial charge in [-0.05, 0) is 6.07 Å². The standard InChI is InChI=1S/C7H8ClF2N3/c8-2-3-1-4(11)5(12)6(13-3)7(9)10/h1,7H,2,12H2,(H2,11,13). The number of anilines is 2. The number of rotatable bonds is 2. The molecule has 1 rings (SSSR count). The number of nitrogens with two attached hydrogens (primary N) is 2. The van der Waals surface area contributed by atoms with Crippen molar-refractivity contribution in [3.8, 4) is 0 Å². The molecule has 1 aromatic heterocycles. The highest BCUT2D eigenvalue weighted by Gasteiger charge is 2.16. The SMILES string of the molecule is Nc1cc(CCl)nc(C(F)F)c1N. The van der Waals surface area contributed by atoms with Crippen LogP contribution in [0, 0.1) is 0 Å². The zero-order valence-electron chi connectivity index (χ0n) is 6.60. The summed E-state index contributed by atoms with van der Waals surface area (Å²) in [5.74, 6) is 0.0319. The summed E-state index contributed by atoms with van der Waals surface area (Å²) < 4.78 is 24.6. The lowest BCUT2D eigenvalue weighted by Gasteiger charge is -2.08. The van der Waals surface area contributed by atoms with Gasteiger partial charge in [-0.25, -0.2) is 13.8 Å². The summed E-state index contributed by atoms with van der Waals surface area (Å²) in [5, 5.41) is 0. The van der Waals surface area contributed by atoms with Crippen LogP contribution in [0.3, 0.4) is 0 Å². The Labute approximate surface area is 78.7 Å². The number of aromatic nitrogens is 1. The molecule has 0 radical (unpaired) electrons. The van der Waals surface area contributed by atoms with Gasteiger partial charge in [0.2, 0.25) is 0 Å². The summed E-state index contributed by atoms with van der Waals surface area (Å²) in [4.78, 5) is 3.56. The van der Waals surface area contributed by atoms with Crippen molar-refractivity contribution in [2.45, 2.75) is 12.3 Å². The number of alkyl halides is 3. The Morgan fingerprint density at radius 1 is 1.46 bits per heavy atom. The second kappa shape index (κ2) is 3.74. The van der Waals surface area contributed by atoms with Crippen molar-refractivity contribution in [2.75, 3.05) is 11.5 Å². The molecule has 0 aliphatic carbocycles. The van der Waals surface area contributed by atoms with E-state index >= 15 is 0 Å². The van der Waals surface area contributed by atoms with Crippen LogP contribution in [0.4, 0.5) is 20.2 Å². The molecule has 0 fully saturated rings. The Balaban J connectivity index is 3.25. The van der Waals surface area contributed by atoms with Gasteiger partial charge in [-0.3, -0.25) is 0 Å². The van der Waals surface area contributed by atoms with Crippen molar-refractivity contribution in [1.82, 2.24) is 4.98 Å². The maximum atomic E-state index is 12.3. The van der Waals surface area contributed by atoms with Crippen LogP contribution >= 0.6 is 11.6 Å². The van der Waals surface area contributed by atoms with Crippen molar-refractivity contribution in [3.63, 3.8) is 0 Å². The van der Waals surface area contributed by atoms with Gasteiger partial charge in [-0.1, -0.05) is 0 Å². The van der Waals surface area contributed by atoms with Crippen LogP contribution in [0.1, 0.15) is 17.8 Å². The third-order valence-corrected chi connectivity index (χ3v) is 1.79. The summed E-state index contributed by atoms with van der Waals surface area (Å²) in [6, 6.07) is 1.38. The number of hydrogen-bond donors (Lipinski definition) is 2. The third-order valence-electron chi connectivity index (χ3n) is 1.52. The number of nitrogens with zero attached hydrogens (tertiary/aromatic N) is 1. The first-order valence-electron chi connectivity index (χ1n) is 3.45. The van der Waals surface area contributed by atoms with Crippen LogP contribution in [0.5, 0.6) is 0 Å². The Kier molecular flexibility index (Phi) is 2.87. The molecule has 72 valence electrons. The van der Waals surface area contributed by atoms with Crippen LogP contribution in [-0.4, -0.2) is 4.98 Å². The maximum absolute atomic E-state index is 12.3. The van der Waals surface area contributed by atoms with Crippen molar-refractivity contribution >= 4 is 23.0 Å². The second-order valence-electron chi connectivity index (χ2n) is 2.44. The maximum Gasteiger partial charge on any atom is 0.282 e. The molecule has 1 heterocycles. The fourth-order valence-corrected chi connectivity index (χ4v) is 1.02. The van der Waals surface area contributed by atoms with Crippen LogP contribution in [0.15, 0.2) is 6.07 Å². The zero-order chi connectivity index (χ0) is 10.0. The molecule has 3 nitrogen and oxygen atoms in total. The van der Waals surface area contributed by atoms with Gasteiger partial charge >= 0.3 is 0 Å². The average molecular weight is 208 g/mol. The number of nitrogen functional groups attached to an aromatic ring is 2. The van der Waals surface area contributed by atoms with E-state index in [1.165, 1.54) is 6.07 Å². The minimum absolute atomic E-state index is 0.0319. The van der Waals surface area contributed by atoms with Gasteiger partial charge in [0.05, 0.1) is 22.9 Å². The van der Waals surface area contributed by atoms with E-state index in [2.05, 4.69) is 4.98 Å². The molecule has 13 heavy (non-hydrogen) atoms. The highest BCUT2D eigenvalue weighted by atomic mass is 35.5. The highest BCUT2D eigenvalue weighted by molar-refractivity contribution is 6.16. The number of halogens is 3. The smallest absolute Gasteiger partial charge is 0.282 e. The molecule has 0 atom stereocenters. The van der Waals surface area contributed by atoms with Crippen molar-refractivity contribution in [3.05, 3.63) is 17.5 Å². The third kappa shape index (κ3) is 1.98. The lowest BCUT2D eigenvalue weighted by atomic mass is 10.2. The van der Waals surface area contributed by atoms with E-state index < -0.39 is 12.1 Å². The summed E-state index contributed by atoms with van der Waals surface area (Å²) in [6.07, 6.45) is -2.73. The fourth-order valence-electron chi connectivity index (χ4n) is 0.887. The average Bonchev–Trinajstić information content (AvgIpc) is 2.09. The molecule has 6 heteroatoms. The van der Waals surface area contributed by atoms with E-state index in [4.69, 9.17) is 23.1 Å². The molecule has 0 saturated heterocycles. The van der Waals surface area contributed by atoms with Gasteiger partial charge in [0.15, 0.2) is 0 Å². The number of hydrogen-bond acceptors (Lipinski definition) is 3. The first kappa shape index (κ1) is 9.98. The molecular formula is C7H8ClF2N3. The van der Waals surface area contributed by atoms with Crippen LogP contribution < -0.4 is 11.5 Å². The quantitative estimate of drug-likeness (QED) is 0.729. The van der Waals surface area contributed by atoms with E-state index in [1.54, 1.807) is 0 Å². The molecule has 0 unspecified atom stereocenters. The van der Waals surface area contributed by atoms with Gasteiger partial charge in [0, 0.05) is 0 Å². The fraction of sp³-hybridized carbons (Fsp3) is 0.286. The van der Waals surface area contributed by atoms with Gasteiger partial charge < -0.3 is 11.5 Å². The van der Waals surface area contributed by atoms with E-state index in [9.17, 15) is 8.78 Å². The Bertz CT molecular complexity index is 317. The van der Waals surface area contributed by atoms with E-state index in [-0.39, 0.29) is 17.3 Å². The first-order chi connectivity index (χ1) is 6.06. The topological polar surface area (TPSA) is 64.9 Å². The van der Waals surface area contributed by atoms with Crippen LogP contribution in [-0.2, 0) is 5.88 Å². The lowest BCUT2D eigenvalue weighted by Crippen LogP contribution is -2.05. The van der Waals surface area contributed by atoms with Crippen LogP contribution in [0.25, 0.3) is 0 Å². The zero-order valence-corrected chi connectivity index (χ0v) is 7.35. The van der Waals surface area contributed by atoms with Gasteiger partial charge in [0.25, 0.3) is 6.43 Å². The Hall–Kier alpha value is -1.10. The van der Waals surface area contributed by atoms with Gasteiger partial charge in [0.1, 0.15) is 5.69 Å². The van der Waals surface area contributed by atoms with Crippen molar-refractivity contribution in [2.24, 2.45) is 0 Å². The minimum Gasteiger partial charge on any atom is -0.397 e. The normalized spacial score (nSPS) is 10.8. The largest absolute Gasteiger partial charge is 0.397 e. The molecule has 0 aromatic carbocycles. The van der Waals surface area contributed by atoms with Crippen molar-refractivity contribution < 1.29 is 8.78 Å². The molecule has 0 spiro atoms. The predicted molar refractivity (Wildman–Crippen MR) is 47.6 cm³/mol. The van der Waals surface area contributed by atoms with E-state index in [0.29, 0.717) is 5.69 Å². The molecule has 0 aliphatic heterocycles. The molecule has 4 N–H and O–H groups in total. The monoisotopic (exact) mass is 207 g/mol. The molecule has 1 aromatic rings. The lowest BCUT2D eigenvalue weighted by molar-refractivity contribution is 0.147. The predicted octanol–water partition coefficient (Wildman–Crippen LogP) is 1.92.